The van der Waals surface area contributed by atoms with Gasteiger partial charge >= 0.3 is 0 Å². The number of benzene rings is 2. The smallest absolute Gasteiger partial charge is 0.254 e. The Morgan fingerprint density at radius 1 is 1.06 bits per heavy atom. The van der Waals surface area contributed by atoms with Gasteiger partial charge in [0.25, 0.3) is 5.91 Å². The molecule has 3 aromatic rings. The number of hydrogen-bond donors (Lipinski definition) is 1. The van der Waals surface area contributed by atoms with Crippen molar-refractivity contribution in [3.8, 4) is 11.5 Å². The fourth-order valence-corrected chi connectivity index (χ4v) is 4.94. The van der Waals surface area contributed by atoms with Crippen LogP contribution in [0.2, 0.25) is 0 Å². The van der Waals surface area contributed by atoms with Crippen LogP contribution in [0, 0.1) is 0 Å². The predicted molar refractivity (Wildman–Crippen MR) is 135 cm³/mol. The molecule has 1 fully saturated rings. The molecule has 2 amide bonds. The topological polar surface area (TPSA) is 67.9 Å². The second-order valence-corrected chi connectivity index (χ2v) is 9.52. The van der Waals surface area contributed by atoms with Gasteiger partial charge in [0, 0.05) is 35.6 Å². The van der Waals surface area contributed by atoms with E-state index in [2.05, 4.69) is 5.32 Å². The first kappa shape index (κ1) is 23.8. The van der Waals surface area contributed by atoms with Crippen molar-refractivity contribution in [3.63, 3.8) is 0 Å². The average molecular weight is 479 g/mol. The zero-order chi connectivity index (χ0) is 23.9. The molecular formula is C27H30N2O4S. The molecule has 0 spiro atoms. The standard InChI is InChI=1S/C27H30N2O4S/c1-19(30)28-22-12-10-21(11-13-22)27(31)29(23-6-3-4-7-23)17-20-9-14-25(32-2)26(16-20)33-18-24-8-5-15-34-24/h5,8-16,23H,3-4,6-7,17-18H2,1-2H3,(H,28,30). The van der Waals surface area contributed by atoms with E-state index >= 15 is 0 Å². The van der Waals surface area contributed by atoms with Crippen molar-refractivity contribution in [2.45, 2.75) is 51.8 Å². The van der Waals surface area contributed by atoms with Crippen LogP contribution in [0.3, 0.4) is 0 Å². The summed E-state index contributed by atoms with van der Waals surface area (Å²) in [5.41, 5.74) is 2.29. The van der Waals surface area contributed by atoms with E-state index in [0.717, 1.165) is 36.1 Å². The maximum absolute atomic E-state index is 13.5. The van der Waals surface area contributed by atoms with Gasteiger partial charge in [0.05, 0.1) is 7.11 Å². The van der Waals surface area contributed by atoms with Crippen molar-refractivity contribution < 1.29 is 19.1 Å². The third kappa shape index (κ3) is 5.97. The van der Waals surface area contributed by atoms with Crippen molar-refractivity contribution in [1.29, 1.82) is 0 Å². The molecule has 1 N–H and O–H groups in total. The average Bonchev–Trinajstić information content (AvgIpc) is 3.55. The molecule has 178 valence electrons. The Balaban J connectivity index is 1.54. The summed E-state index contributed by atoms with van der Waals surface area (Å²) in [7, 11) is 1.63. The lowest BCUT2D eigenvalue weighted by atomic mass is 10.1. The summed E-state index contributed by atoms with van der Waals surface area (Å²) < 4.78 is 11.6. The highest BCUT2D eigenvalue weighted by atomic mass is 32.1. The normalized spacial score (nSPS) is 13.5. The number of rotatable bonds is 9. The molecule has 0 unspecified atom stereocenters. The number of hydrogen-bond acceptors (Lipinski definition) is 5. The van der Waals surface area contributed by atoms with Gasteiger partial charge in [-0.1, -0.05) is 25.0 Å². The summed E-state index contributed by atoms with van der Waals surface area (Å²) in [6.45, 7) is 2.44. The van der Waals surface area contributed by atoms with Crippen molar-refractivity contribution >= 4 is 28.8 Å². The Morgan fingerprint density at radius 2 is 1.82 bits per heavy atom. The number of carbonyl (C=O) groups is 2. The molecule has 1 heterocycles. The van der Waals surface area contributed by atoms with Crippen LogP contribution in [0.4, 0.5) is 5.69 Å². The maximum atomic E-state index is 13.5. The van der Waals surface area contributed by atoms with Gasteiger partial charge in [-0.25, -0.2) is 0 Å². The zero-order valence-electron chi connectivity index (χ0n) is 19.6. The number of nitrogens with zero attached hydrogens (tertiary/aromatic N) is 1. The SMILES string of the molecule is COc1ccc(CN(C(=O)c2ccc(NC(C)=O)cc2)C2CCCC2)cc1OCc1cccs1. The summed E-state index contributed by atoms with van der Waals surface area (Å²) in [6.07, 6.45) is 4.28. The van der Waals surface area contributed by atoms with Crippen LogP contribution in [-0.2, 0) is 17.9 Å². The molecule has 0 atom stereocenters. The van der Waals surface area contributed by atoms with Gasteiger partial charge in [0.1, 0.15) is 6.61 Å². The Kier molecular flexibility index (Phi) is 7.85. The summed E-state index contributed by atoms with van der Waals surface area (Å²) in [5.74, 6) is 1.21. The lowest BCUT2D eigenvalue weighted by Crippen LogP contribution is -2.38. The van der Waals surface area contributed by atoms with E-state index in [1.165, 1.54) is 6.92 Å². The van der Waals surface area contributed by atoms with E-state index in [1.54, 1.807) is 42.7 Å². The van der Waals surface area contributed by atoms with Crippen molar-refractivity contribution in [2.24, 2.45) is 0 Å². The first-order valence-electron chi connectivity index (χ1n) is 11.5. The van der Waals surface area contributed by atoms with Crippen LogP contribution in [0.5, 0.6) is 11.5 Å². The van der Waals surface area contributed by atoms with Crippen LogP contribution in [0.1, 0.15) is 53.4 Å². The summed E-state index contributed by atoms with van der Waals surface area (Å²) in [5, 5.41) is 4.77. The number of amides is 2. The second kappa shape index (κ2) is 11.2. The van der Waals surface area contributed by atoms with E-state index in [-0.39, 0.29) is 17.9 Å². The molecule has 2 aromatic carbocycles. The number of thiophene rings is 1. The summed E-state index contributed by atoms with van der Waals surface area (Å²) >= 11 is 1.65. The molecule has 7 heteroatoms. The summed E-state index contributed by atoms with van der Waals surface area (Å²) in [4.78, 5) is 28.0. The Hall–Kier alpha value is -3.32. The quantitative estimate of drug-likeness (QED) is 0.417. The van der Waals surface area contributed by atoms with Gasteiger partial charge in [-0.3, -0.25) is 9.59 Å². The van der Waals surface area contributed by atoms with Gasteiger partial charge in [-0.05, 0) is 66.2 Å². The lowest BCUT2D eigenvalue weighted by Gasteiger charge is -2.29. The first-order chi connectivity index (χ1) is 16.5. The highest BCUT2D eigenvalue weighted by Crippen LogP contribution is 2.32. The van der Waals surface area contributed by atoms with Crippen LogP contribution >= 0.6 is 11.3 Å². The highest BCUT2D eigenvalue weighted by Gasteiger charge is 2.28. The molecule has 1 aliphatic rings. The minimum absolute atomic E-state index is 0.00172. The van der Waals surface area contributed by atoms with E-state index in [9.17, 15) is 9.59 Å². The molecule has 34 heavy (non-hydrogen) atoms. The Bertz CT molecular complexity index is 1110. The fraction of sp³-hybridized carbons (Fsp3) is 0.333. The molecule has 6 nitrogen and oxygen atoms in total. The first-order valence-corrected chi connectivity index (χ1v) is 12.4. The molecule has 0 saturated heterocycles. The van der Waals surface area contributed by atoms with E-state index < -0.39 is 0 Å². The van der Waals surface area contributed by atoms with Crippen molar-refractivity contribution in [2.75, 3.05) is 12.4 Å². The molecule has 0 radical (unpaired) electrons. The molecule has 1 aliphatic carbocycles. The number of ether oxygens (including phenoxy) is 2. The highest BCUT2D eigenvalue weighted by molar-refractivity contribution is 7.09. The van der Waals surface area contributed by atoms with Crippen LogP contribution in [0.15, 0.2) is 60.0 Å². The van der Waals surface area contributed by atoms with Gasteiger partial charge in [-0.2, -0.15) is 0 Å². The monoisotopic (exact) mass is 478 g/mol. The van der Waals surface area contributed by atoms with Gasteiger partial charge in [-0.15, -0.1) is 11.3 Å². The van der Waals surface area contributed by atoms with Gasteiger partial charge in [0.2, 0.25) is 5.91 Å². The maximum Gasteiger partial charge on any atom is 0.254 e. The van der Waals surface area contributed by atoms with E-state index in [4.69, 9.17) is 9.47 Å². The third-order valence-corrected chi connectivity index (χ3v) is 6.86. The molecule has 4 rings (SSSR count). The Labute approximate surface area is 204 Å². The van der Waals surface area contributed by atoms with E-state index in [0.29, 0.717) is 35.9 Å². The predicted octanol–water partition coefficient (Wildman–Crippen LogP) is 5.88. The van der Waals surface area contributed by atoms with Crippen LogP contribution in [0.25, 0.3) is 0 Å². The van der Waals surface area contributed by atoms with Gasteiger partial charge in [0.15, 0.2) is 11.5 Å². The molecule has 0 aliphatic heterocycles. The number of methoxy groups -OCH3 is 1. The second-order valence-electron chi connectivity index (χ2n) is 8.48. The van der Waals surface area contributed by atoms with Crippen molar-refractivity contribution in [3.05, 3.63) is 76.0 Å². The molecular weight excluding hydrogens is 448 g/mol. The van der Waals surface area contributed by atoms with Crippen LogP contribution in [-0.4, -0.2) is 29.9 Å². The minimum Gasteiger partial charge on any atom is -0.493 e. The minimum atomic E-state index is -0.136. The molecule has 0 bridgehead atoms. The lowest BCUT2D eigenvalue weighted by molar-refractivity contribution is -0.114. The summed E-state index contributed by atoms with van der Waals surface area (Å²) in [6, 6.07) is 17.2. The third-order valence-electron chi connectivity index (χ3n) is 6.01. The fourth-order valence-electron chi connectivity index (χ4n) is 4.32. The van der Waals surface area contributed by atoms with E-state index in [1.807, 2.05) is 40.6 Å². The van der Waals surface area contributed by atoms with Crippen LogP contribution < -0.4 is 14.8 Å². The largest absolute Gasteiger partial charge is 0.493 e. The number of carbonyl (C=O) groups excluding carboxylic acids is 2. The van der Waals surface area contributed by atoms with Crippen molar-refractivity contribution in [1.82, 2.24) is 4.90 Å². The molecule has 1 aromatic heterocycles. The zero-order valence-corrected chi connectivity index (χ0v) is 20.4. The number of anilines is 1. The number of nitrogens with one attached hydrogen (secondary N) is 1. The molecule has 1 saturated carbocycles. The Morgan fingerprint density at radius 3 is 2.47 bits per heavy atom. The van der Waals surface area contributed by atoms with Gasteiger partial charge < -0.3 is 19.7 Å².